The molecule has 2 aromatic rings. The van der Waals surface area contributed by atoms with E-state index in [1.807, 2.05) is 24.3 Å². The monoisotopic (exact) mass is 406 g/mol. The standard InChI is InChI=1S/C18H19BrN2O4/c1-11(18(22)21-13-5-3-4-6-15(13)23-2)20-14-10-17-16(9-12(14)19)24-7-8-25-17/h3-6,9-11,20H,7-8H2,1-2H3,(H,21,22). The van der Waals surface area contributed by atoms with E-state index in [0.717, 1.165) is 10.2 Å². The number of fused-ring (bicyclic) bond motifs is 1. The molecule has 0 fully saturated rings. The Morgan fingerprint density at radius 2 is 1.84 bits per heavy atom. The maximum absolute atomic E-state index is 12.5. The Hall–Kier alpha value is -2.41. The molecule has 0 spiro atoms. The highest BCUT2D eigenvalue weighted by molar-refractivity contribution is 9.10. The normalized spacial score (nSPS) is 13.7. The Morgan fingerprint density at radius 3 is 2.56 bits per heavy atom. The van der Waals surface area contributed by atoms with E-state index in [1.54, 1.807) is 26.2 Å². The molecule has 1 heterocycles. The van der Waals surface area contributed by atoms with Gasteiger partial charge in [0, 0.05) is 16.6 Å². The molecule has 25 heavy (non-hydrogen) atoms. The van der Waals surface area contributed by atoms with Crippen molar-refractivity contribution in [1.82, 2.24) is 0 Å². The van der Waals surface area contributed by atoms with Crippen molar-refractivity contribution in [1.29, 1.82) is 0 Å². The molecule has 0 radical (unpaired) electrons. The highest BCUT2D eigenvalue weighted by Crippen LogP contribution is 2.38. The fourth-order valence-electron chi connectivity index (χ4n) is 2.46. The zero-order valence-corrected chi connectivity index (χ0v) is 15.6. The van der Waals surface area contributed by atoms with Crippen LogP contribution in [0.4, 0.5) is 11.4 Å². The van der Waals surface area contributed by atoms with Gasteiger partial charge in [0.25, 0.3) is 0 Å². The van der Waals surface area contributed by atoms with Crippen LogP contribution >= 0.6 is 15.9 Å². The van der Waals surface area contributed by atoms with Gasteiger partial charge in [0.15, 0.2) is 11.5 Å². The molecule has 2 N–H and O–H groups in total. The highest BCUT2D eigenvalue weighted by atomic mass is 79.9. The molecule has 1 unspecified atom stereocenters. The van der Waals surface area contributed by atoms with E-state index in [9.17, 15) is 4.79 Å². The van der Waals surface area contributed by atoms with Crippen LogP contribution in [0, 0.1) is 0 Å². The summed E-state index contributed by atoms with van der Waals surface area (Å²) in [6.07, 6.45) is 0. The van der Waals surface area contributed by atoms with Gasteiger partial charge in [0.1, 0.15) is 25.0 Å². The highest BCUT2D eigenvalue weighted by Gasteiger charge is 2.19. The van der Waals surface area contributed by atoms with Crippen LogP contribution in [0.3, 0.4) is 0 Å². The van der Waals surface area contributed by atoms with E-state index >= 15 is 0 Å². The first-order chi connectivity index (χ1) is 12.1. The Balaban J connectivity index is 1.71. The molecule has 1 aliphatic rings. The second-order valence-corrected chi connectivity index (χ2v) is 6.39. The molecule has 1 amide bonds. The van der Waals surface area contributed by atoms with Gasteiger partial charge in [0.05, 0.1) is 18.5 Å². The van der Waals surface area contributed by atoms with E-state index in [1.165, 1.54) is 0 Å². The fraction of sp³-hybridized carbons (Fsp3) is 0.278. The minimum atomic E-state index is -0.469. The first-order valence-corrected chi connectivity index (χ1v) is 8.67. The van der Waals surface area contributed by atoms with Crippen molar-refractivity contribution in [3.05, 3.63) is 40.9 Å². The largest absolute Gasteiger partial charge is 0.495 e. The first kappa shape index (κ1) is 17.4. The molecule has 0 aliphatic carbocycles. The average molecular weight is 407 g/mol. The second-order valence-electron chi connectivity index (χ2n) is 5.53. The number of carbonyl (C=O) groups excluding carboxylic acids is 1. The van der Waals surface area contributed by atoms with Gasteiger partial charge in [-0.3, -0.25) is 4.79 Å². The number of carbonyl (C=O) groups is 1. The first-order valence-electron chi connectivity index (χ1n) is 7.88. The van der Waals surface area contributed by atoms with Crippen LogP contribution in [0.15, 0.2) is 40.9 Å². The molecule has 3 rings (SSSR count). The fourth-order valence-corrected chi connectivity index (χ4v) is 2.90. The number of anilines is 2. The number of ether oxygens (including phenoxy) is 3. The van der Waals surface area contributed by atoms with Gasteiger partial charge in [-0.1, -0.05) is 12.1 Å². The van der Waals surface area contributed by atoms with Crippen LogP contribution < -0.4 is 24.8 Å². The number of hydrogen-bond acceptors (Lipinski definition) is 5. The smallest absolute Gasteiger partial charge is 0.246 e. The van der Waals surface area contributed by atoms with Crippen LogP contribution in [0.2, 0.25) is 0 Å². The van der Waals surface area contributed by atoms with Crippen molar-refractivity contribution in [3.8, 4) is 17.2 Å². The van der Waals surface area contributed by atoms with Gasteiger partial charge >= 0.3 is 0 Å². The number of hydrogen-bond donors (Lipinski definition) is 2. The van der Waals surface area contributed by atoms with Crippen LogP contribution in [-0.2, 0) is 4.79 Å². The quantitative estimate of drug-likeness (QED) is 0.792. The molecular formula is C18H19BrN2O4. The summed E-state index contributed by atoms with van der Waals surface area (Å²) < 4.78 is 17.2. The lowest BCUT2D eigenvalue weighted by Gasteiger charge is -2.22. The van der Waals surface area contributed by atoms with Crippen LogP contribution in [0.25, 0.3) is 0 Å². The predicted molar refractivity (Wildman–Crippen MR) is 99.8 cm³/mol. The Bertz CT molecular complexity index is 782. The van der Waals surface area contributed by atoms with Crippen molar-refractivity contribution in [2.24, 2.45) is 0 Å². The number of para-hydroxylation sites is 2. The van der Waals surface area contributed by atoms with Crippen molar-refractivity contribution < 1.29 is 19.0 Å². The van der Waals surface area contributed by atoms with E-state index in [4.69, 9.17) is 14.2 Å². The molecule has 132 valence electrons. The molecule has 6 nitrogen and oxygen atoms in total. The maximum atomic E-state index is 12.5. The van der Waals surface area contributed by atoms with Crippen LogP contribution in [0.5, 0.6) is 17.2 Å². The van der Waals surface area contributed by atoms with Crippen LogP contribution in [-0.4, -0.2) is 32.3 Å². The summed E-state index contributed by atoms with van der Waals surface area (Å²) in [5.41, 5.74) is 1.39. The van der Waals surface area contributed by atoms with Gasteiger partial charge in [-0.15, -0.1) is 0 Å². The molecule has 1 aliphatic heterocycles. The lowest BCUT2D eigenvalue weighted by Crippen LogP contribution is -2.32. The molecule has 0 aromatic heterocycles. The lowest BCUT2D eigenvalue weighted by molar-refractivity contribution is -0.116. The number of benzene rings is 2. The van der Waals surface area contributed by atoms with Gasteiger partial charge in [-0.25, -0.2) is 0 Å². The number of amides is 1. The van der Waals surface area contributed by atoms with Crippen LogP contribution in [0.1, 0.15) is 6.92 Å². The van der Waals surface area contributed by atoms with Crippen molar-refractivity contribution in [3.63, 3.8) is 0 Å². The molecule has 0 saturated carbocycles. The second kappa shape index (κ2) is 7.65. The van der Waals surface area contributed by atoms with Gasteiger partial charge < -0.3 is 24.8 Å². The summed E-state index contributed by atoms with van der Waals surface area (Å²) in [5, 5.41) is 6.05. The third-order valence-corrected chi connectivity index (χ3v) is 4.42. The SMILES string of the molecule is COc1ccccc1NC(=O)C(C)Nc1cc2c(cc1Br)OCCO2. The van der Waals surface area contributed by atoms with E-state index in [2.05, 4.69) is 26.6 Å². The van der Waals surface area contributed by atoms with Crippen molar-refractivity contribution >= 4 is 33.2 Å². The molecule has 7 heteroatoms. The topological polar surface area (TPSA) is 68.8 Å². The molecule has 0 saturated heterocycles. The minimum absolute atomic E-state index is 0.175. The summed E-state index contributed by atoms with van der Waals surface area (Å²) in [6, 6.07) is 10.5. The molecule has 1 atom stereocenters. The number of rotatable bonds is 5. The van der Waals surface area contributed by atoms with Crippen molar-refractivity contribution in [2.75, 3.05) is 31.0 Å². The van der Waals surface area contributed by atoms with Crippen molar-refractivity contribution in [2.45, 2.75) is 13.0 Å². The van der Waals surface area contributed by atoms with E-state index in [-0.39, 0.29) is 5.91 Å². The predicted octanol–water partition coefficient (Wildman–Crippen LogP) is 3.67. The third kappa shape index (κ3) is 3.99. The molecule has 0 bridgehead atoms. The average Bonchev–Trinajstić information content (AvgIpc) is 2.62. The Kier molecular flexibility index (Phi) is 5.33. The molecular weight excluding hydrogens is 388 g/mol. The third-order valence-electron chi connectivity index (χ3n) is 3.76. The summed E-state index contributed by atoms with van der Waals surface area (Å²) in [5.74, 6) is 1.79. The number of methoxy groups -OCH3 is 1. The van der Waals surface area contributed by atoms with Gasteiger partial charge in [-0.05, 0) is 35.0 Å². The number of nitrogens with one attached hydrogen (secondary N) is 2. The summed E-state index contributed by atoms with van der Waals surface area (Å²) in [4.78, 5) is 12.5. The summed E-state index contributed by atoms with van der Waals surface area (Å²) >= 11 is 3.49. The Morgan fingerprint density at radius 1 is 1.16 bits per heavy atom. The summed E-state index contributed by atoms with van der Waals surface area (Å²) in [6.45, 7) is 2.83. The Labute approximate surface area is 154 Å². The van der Waals surface area contributed by atoms with E-state index < -0.39 is 6.04 Å². The summed E-state index contributed by atoms with van der Waals surface area (Å²) in [7, 11) is 1.57. The lowest BCUT2D eigenvalue weighted by atomic mass is 10.2. The molecule has 2 aromatic carbocycles. The minimum Gasteiger partial charge on any atom is -0.495 e. The van der Waals surface area contributed by atoms with Gasteiger partial charge in [0.2, 0.25) is 5.91 Å². The maximum Gasteiger partial charge on any atom is 0.246 e. The zero-order chi connectivity index (χ0) is 17.8. The number of halogens is 1. The van der Waals surface area contributed by atoms with Gasteiger partial charge in [-0.2, -0.15) is 0 Å². The zero-order valence-electron chi connectivity index (χ0n) is 14.0. The van der Waals surface area contributed by atoms with E-state index in [0.29, 0.717) is 36.1 Å².